The molecule has 0 amide bonds. The van der Waals surface area contributed by atoms with Crippen molar-refractivity contribution < 1.29 is 9.57 Å². The predicted molar refractivity (Wildman–Crippen MR) is 83.1 cm³/mol. The number of nitrogens with one attached hydrogen (secondary N) is 1. The van der Waals surface area contributed by atoms with E-state index >= 15 is 0 Å². The third kappa shape index (κ3) is 7.05. The first-order chi connectivity index (χ1) is 10.2. The molecule has 0 saturated carbocycles. The average molecular weight is 298 g/mol. The SMILES string of the molecule is CCCCOCCCCN(C)c1nc(N)nc(NOC)n1. The Morgan fingerprint density at radius 1 is 1.14 bits per heavy atom. The van der Waals surface area contributed by atoms with Crippen LogP contribution in [-0.4, -0.2) is 48.9 Å². The summed E-state index contributed by atoms with van der Waals surface area (Å²) in [6.07, 6.45) is 4.31. The van der Waals surface area contributed by atoms with Crippen molar-refractivity contribution in [3.63, 3.8) is 0 Å². The Kier molecular flexibility index (Phi) is 8.37. The van der Waals surface area contributed by atoms with Crippen LogP contribution in [0.1, 0.15) is 32.6 Å². The number of hydrogen-bond acceptors (Lipinski definition) is 8. The van der Waals surface area contributed by atoms with Gasteiger partial charge in [-0.1, -0.05) is 13.3 Å². The molecular formula is C13H26N6O2. The second-order valence-electron chi connectivity index (χ2n) is 4.72. The van der Waals surface area contributed by atoms with Gasteiger partial charge in [0.1, 0.15) is 0 Å². The fraction of sp³-hybridized carbons (Fsp3) is 0.769. The number of nitrogens with two attached hydrogens (primary N) is 1. The zero-order valence-corrected chi connectivity index (χ0v) is 13.1. The number of nitrogen functional groups attached to an aromatic ring is 1. The van der Waals surface area contributed by atoms with Gasteiger partial charge < -0.3 is 15.4 Å². The topological polar surface area (TPSA) is 98.4 Å². The normalized spacial score (nSPS) is 10.6. The van der Waals surface area contributed by atoms with Crippen molar-refractivity contribution in [2.24, 2.45) is 0 Å². The summed E-state index contributed by atoms with van der Waals surface area (Å²) in [7, 11) is 3.41. The van der Waals surface area contributed by atoms with E-state index in [9.17, 15) is 0 Å². The number of aromatic nitrogens is 3. The molecule has 0 aliphatic heterocycles. The lowest BCUT2D eigenvalue weighted by molar-refractivity contribution is 0.128. The van der Waals surface area contributed by atoms with Gasteiger partial charge in [-0.25, -0.2) is 5.48 Å². The van der Waals surface area contributed by atoms with Gasteiger partial charge in [0.2, 0.25) is 11.9 Å². The summed E-state index contributed by atoms with van der Waals surface area (Å²) in [5.74, 6) is 0.984. The van der Waals surface area contributed by atoms with Crippen LogP contribution in [0.5, 0.6) is 0 Å². The number of unbranched alkanes of at least 4 members (excludes halogenated alkanes) is 2. The molecule has 0 spiro atoms. The minimum atomic E-state index is 0.161. The molecule has 1 rings (SSSR count). The summed E-state index contributed by atoms with van der Waals surface area (Å²) >= 11 is 0. The summed E-state index contributed by atoms with van der Waals surface area (Å²) < 4.78 is 5.53. The van der Waals surface area contributed by atoms with Crippen molar-refractivity contribution in [3.05, 3.63) is 0 Å². The molecule has 0 saturated heterocycles. The molecular weight excluding hydrogens is 272 g/mol. The van der Waals surface area contributed by atoms with Crippen LogP contribution in [0.2, 0.25) is 0 Å². The summed E-state index contributed by atoms with van der Waals surface area (Å²) in [4.78, 5) is 19.0. The van der Waals surface area contributed by atoms with Crippen LogP contribution in [0.3, 0.4) is 0 Å². The van der Waals surface area contributed by atoms with Crippen LogP contribution in [0, 0.1) is 0 Å². The van der Waals surface area contributed by atoms with Gasteiger partial charge in [-0.05, 0) is 19.3 Å². The first-order valence-corrected chi connectivity index (χ1v) is 7.26. The van der Waals surface area contributed by atoms with Gasteiger partial charge >= 0.3 is 0 Å². The Labute approximate surface area is 126 Å². The molecule has 120 valence electrons. The first-order valence-electron chi connectivity index (χ1n) is 7.26. The molecule has 0 atom stereocenters. The van der Waals surface area contributed by atoms with E-state index in [2.05, 4.69) is 27.4 Å². The van der Waals surface area contributed by atoms with E-state index in [1.54, 1.807) is 0 Å². The molecule has 8 heteroatoms. The van der Waals surface area contributed by atoms with E-state index in [4.69, 9.17) is 15.3 Å². The van der Waals surface area contributed by atoms with E-state index < -0.39 is 0 Å². The van der Waals surface area contributed by atoms with E-state index in [1.165, 1.54) is 13.5 Å². The van der Waals surface area contributed by atoms with Gasteiger partial charge in [-0.2, -0.15) is 15.0 Å². The Hall–Kier alpha value is -1.67. The molecule has 0 unspecified atom stereocenters. The Morgan fingerprint density at radius 2 is 1.90 bits per heavy atom. The third-order valence-electron chi connectivity index (χ3n) is 2.85. The maximum absolute atomic E-state index is 5.65. The Balaban J connectivity index is 2.32. The number of anilines is 3. The highest BCUT2D eigenvalue weighted by Gasteiger charge is 2.08. The molecule has 3 N–H and O–H groups in total. The Morgan fingerprint density at radius 3 is 2.62 bits per heavy atom. The second-order valence-corrected chi connectivity index (χ2v) is 4.72. The van der Waals surface area contributed by atoms with Crippen molar-refractivity contribution in [1.82, 2.24) is 15.0 Å². The fourth-order valence-electron chi connectivity index (χ4n) is 1.69. The van der Waals surface area contributed by atoms with Gasteiger partial charge in [0.15, 0.2) is 0 Å². The lowest BCUT2D eigenvalue weighted by Gasteiger charge is -2.17. The smallest absolute Gasteiger partial charge is 0.253 e. The van der Waals surface area contributed by atoms with Crippen molar-refractivity contribution >= 4 is 17.8 Å². The minimum Gasteiger partial charge on any atom is -0.381 e. The number of rotatable bonds is 11. The molecule has 1 aromatic heterocycles. The highest BCUT2D eigenvalue weighted by molar-refractivity contribution is 5.40. The van der Waals surface area contributed by atoms with Crippen molar-refractivity contribution in [2.45, 2.75) is 32.6 Å². The standard InChI is InChI=1S/C13H26N6O2/c1-4-5-9-21-10-7-6-8-19(2)13-16-11(14)15-12(17-13)18-20-3/h4-10H2,1-3H3,(H3,14,15,16,17,18). The monoisotopic (exact) mass is 298 g/mol. The van der Waals surface area contributed by atoms with Crippen molar-refractivity contribution in [2.75, 3.05) is 50.0 Å². The van der Waals surface area contributed by atoms with Gasteiger partial charge in [-0.15, -0.1) is 0 Å². The lowest BCUT2D eigenvalue weighted by Crippen LogP contribution is -2.23. The maximum atomic E-state index is 5.65. The van der Waals surface area contributed by atoms with Gasteiger partial charge in [0.05, 0.1) is 7.11 Å². The predicted octanol–water partition coefficient (Wildman–Crippen LogP) is 1.46. The quantitative estimate of drug-likeness (QED) is 0.468. The van der Waals surface area contributed by atoms with E-state index in [0.717, 1.165) is 39.0 Å². The summed E-state index contributed by atoms with van der Waals surface area (Å²) in [6, 6.07) is 0. The van der Waals surface area contributed by atoms with Crippen LogP contribution in [0.25, 0.3) is 0 Å². The first kappa shape index (κ1) is 17.4. The number of hydrogen-bond donors (Lipinski definition) is 2. The molecule has 0 bridgehead atoms. The third-order valence-corrected chi connectivity index (χ3v) is 2.85. The molecule has 0 aromatic carbocycles. The summed E-state index contributed by atoms with van der Waals surface area (Å²) in [5.41, 5.74) is 8.20. The molecule has 0 aliphatic carbocycles. The molecule has 8 nitrogen and oxygen atoms in total. The largest absolute Gasteiger partial charge is 0.381 e. The van der Waals surface area contributed by atoms with Crippen LogP contribution in [0.15, 0.2) is 0 Å². The summed E-state index contributed by atoms with van der Waals surface area (Å²) in [5, 5.41) is 0. The van der Waals surface area contributed by atoms with Gasteiger partial charge in [-0.3, -0.25) is 4.84 Å². The molecule has 0 radical (unpaired) electrons. The minimum absolute atomic E-state index is 0.161. The van der Waals surface area contributed by atoms with E-state index in [1.807, 2.05) is 11.9 Å². The molecule has 0 fully saturated rings. The number of ether oxygens (including phenoxy) is 1. The van der Waals surface area contributed by atoms with E-state index in [0.29, 0.717) is 11.9 Å². The second kappa shape index (κ2) is 10.1. The van der Waals surface area contributed by atoms with Gasteiger partial charge in [0.25, 0.3) is 5.95 Å². The van der Waals surface area contributed by atoms with E-state index in [-0.39, 0.29) is 5.95 Å². The van der Waals surface area contributed by atoms with Gasteiger partial charge in [0, 0.05) is 26.8 Å². The fourth-order valence-corrected chi connectivity index (χ4v) is 1.69. The molecule has 1 aromatic rings. The van der Waals surface area contributed by atoms with Crippen LogP contribution < -0.4 is 16.1 Å². The van der Waals surface area contributed by atoms with Crippen molar-refractivity contribution in [1.29, 1.82) is 0 Å². The highest BCUT2D eigenvalue weighted by atomic mass is 16.6. The average Bonchev–Trinajstić information content (AvgIpc) is 2.46. The Bertz CT molecular complexity index is 404. The van der Waals surface area contributed by atoms with Crippen LogP contribution in [-0.2, 0) is 9.57 Å². The molecule has 1 heterocycles. The molecule has 21 heavy (non-hydrogen) atoms. The van der Waals surface area contributed by atoms with Crippen LogP contribution >= 0.6 is 0 Å². The molecule has 0 aliphatic rings. The zero-order chi connectivity index (χ0) is 15.5. The zero-order valence-electron chi connectivity index (χ0n) is 13.1. The summed E-state index contributed by atoms with van der Waals surface area (Å²) in [6.45, 7) is 4.63. The number of nitrogens with zero attached hydrogens (tertiary/aromatic N) is 4. The highest BCUT2D eigenvalue weighted by Crippen LogP contribution is 2.11. The van der Waals surface area contributed by atoms with Crippen molar-refractivity contribution in [3.8, 4) is 0 Å². The lowest BCUT2D eigenvalue weighted by atomic mass is 10.3. The van der Waals surface area contributed by atoms with Crippen LogP contribution in [0.4, 0.5) is 17.8 Å². The maximum Gasteiger partial charge on any atom is 0.253 e.